The summed E-state index contributed by atoms with van der Waals surface area (Å²) in [5.41, 5.74) is 1.81. The Morgan fingerprint density at radius 3 is 2.32 bits per heavy atom. The summed E-state index contributed by atoms with van der Waals surface area (Å²) in [5, 5.41) is 0. The monoisotopic (exact) mass is 420 g/mol. The molecule has 1 aliphatic heterocycles. The van der Waals surface area contributed by atoms with Gasteiger partial charge >= 0.3 is 0 Å². The summed E-state index contributed by atoms with van der Waals surface area (Å²) in [7, 11) is -2.51. The molecular weight excluding hydrogens is 404 g/mol. The van der Waals surface area contributed by atoms with Gasteiger partial charge < -0.3 is 4.74 Å². The van der Waals surface area contributed by atoms with Gasteiger partial charge in [0.15, 0.2) is 5.60 Å². The van der Waals surface area contributed by atoms with E-state index in [4.69, 9.17) is 4.74 Å². The van der Waals surface area contributed by atoms with E-state index in [1.54, 1.807) is 32.0 Å². The zero-order chi connectivity index (χ0) is 18.2. The number of ketones is 1. The first kappa shape index (κ1) is 17.9. The van der Waals surface area contributed by atoms with E-state index in [1.807, 2.05) is 30.3 Å². The average Bonchev–Trinajstić information content (AvgIpc) is 2.80. The minimum atomic E-state index is -2.51. The maximum atomic E-state index is 12.8. The number of halogens is 1. The van der Waals surface area contributed by atoms with Crippen LogP contribution in [0.15, 0.2) is 53.0 Å². The molecule has 2 aromatic carbocycles. The fourth-order valence-corrected chi connectivity index (χ4v) is 4.07. The number of carbonyl (C=O) groups excluding carboxylic acids is 1. The lowest BCUT2D eigenvalue weighted by atomic mass is 9.92. The zero-order valence-electron chi connectivity index (χ0n) is 13.8. The van der Waals surface area contributed by atoms with Crippen molar-refractivity contribution in [3.63, 3.8) is 0 Å². The van der Waals surface area contributed by atoms with Gasteiger partial charge in [-0.1, -0.05) is 58.4 Å². The van der Waals surface area contributed by atoms with E-state index in [9.17, 15) is 13.2 Å². The van der Waals surface area contributed by atoms with Crippen molar-refractivity contribution in [2.24, 2.45) is 0 Å². The minimum absolute atomic E-state index is 0.0356. The maximum absolute atomic E-state index is 12.8. The molecule has 1 aliphatic rings. The number of rotatable bonds is 4. The average molecular weight is 421 g/mol. The molecule has 0 spiro atoms. The fourth-order valence-electron chi connectivity index (χ4n) is 2.78. The molecule has 3 rings (SSSR count). The van der Waals surface area contributed by atoms with Crippen molar-refractivity contribution in [2.75, 3.05) is 0 Å². The van der Waals surface area contributed by atoms with E-state index in [-0.39, 0.29) is 11.5 Å². The van der Waals surface area contributed by atoms with Gasteiger partial charge in [0.25, 0.3) is 0 Å². The van der Waals surface area contributed by atoms with Crippen LogP contribution in [-0.2, 0) is 26.0 Å². The molecule has 0 atom stereocenters. The van der Waals surface area contributed by atoms with Gasteiger partial charge in [-0.15, -0.1) is 0 Å². The Labute approximate surface area is 156 Å². The molecule has 4 nitrogen and oxygen atoms in total. The van der Waals surface area contributed by atoms with Gasteiger partial charge in [0.05, 0.1) is 11.3 Å². The summed E-state index contributed by atoms with van der Waals surface area (Å²) in [6.07, 6.45) is 0. The molecule has 0 radical (unpaired) electrons. The zero-order valence-corrected chi connectivity index (χ0v) is 16.3. The van der Waals surface area contributed by atoms with E-state index in [0.717, 1.165) is 11.1 Å². The number of thiol groups is 1. The Morgan fingerprint density at radius 2 is 1.72 bits per heavy atom. The molecule has 0 saturated carbocycles. The van der Waals surface area contributed by atoms with Gasteiger partial charge in [-0.3, -0.25) is 4.79 Å². The Hall–Kier alpha value is -1.92. The SMILES string of the molecule is CC1(C)OC(c2ccc(C[SH](=O)=O)c(Br)c2)=C(c2ccccc2)C1=O. The third-order valence-electron chi connectivity index (χ3n) is 4.04. The van der Waals surface area contributed by atoms with Gasteiger partial charge in [0, 0.05) is 10.0 Å². The highest BCUT2D eigenvalue weighted by Crippen LogP contribution is 2.41. The van der Waals surface area contributed by atoms with Crippen molar-refractivity contribution >= 4 is 43.7 Å². The number of hydrogen-bond donors (Lipinski definition) is 1. The molecule has 0 bridgehead atoms. The number of carbonyl (C=O) groups is 1. The molecule has 0 fully saturated rings. The highest BCUT2D eigenvalue weighted by atomic mass is 79.9. The molecule has 2 aromatic rings. The van der Waals surface area contributed by atoms with Crippen LogP contribution in [-0.4, -0.2) is 19.8 Å². The Balaban J connectivity index is 2.13. The van der Waals surface area contributed by atoms with Crippen LogP contribution in [0.4, 0.5) is 0 Å². The Bertz CT molecular complexity index is 935. The van der Waals surface area contributed by atoms with Crippen molar-refractivity contribution in [3.05, 3.63) is 69.7 Å². The predicted octanol–water partition coefficient (Wildman–Crippen LogP) is 3.81. The van der Waals surface area contributed by atoms with Crippen LogP contribution in [0.5, 0.6) is 0 Å². The van der Waals surface area contributed by atoms with E-state index in [0.29, 0.717) is 21.4 Å². The third-order valence-corrected chi connectivity index (χ3v) is 5.37. The van der Waals surface area contributed by atoms with E-state index in [2.05, 4.69) is 15.9 Å². The molecule has 25 heavy (non-hydrogen) atoms. The normalized spacial score (nSPS) is 16.4. The molecule has 130 valence electrons. The predicted molar refractivity (Wildman–Crippen MR) is 102 cm³/mol. The first-order valence-corrected chi connectivity index (χ1v) is 9.89. The molecule has 6 heteroatoms. The van der Waals surface area contributed by atoms with Crippen molar-refractivity contribution in [2.45, 2.75) is 25.2 Å². The lowest BCUT2D eigenvalue weighted by Crippen LogP contribution is -2.29. The first-order valence-electron chi connectivity index (χ1n) is 7.74. The van der Waals surface area contributed by atoms with Crippen molar-refractivity contribution in [1.29, 1.82) is 0 Å². The maximum Gasteiger partial charge on any atom is 0.210 e. The molecule has 0 N–H and O–H groups in total. The van der Waals surface area contributed by atoms with Crippen LogP contribution in [0, 0.1) is 0 Å². The molecule has 0 amide bonds. The standard InChI is InChI=1S/C19H17BrO4S/c1-19(2)18(21)16(12-6-4-3-5-7-12)17(24-19)13-8-9-14(11-25(22)23)15(20)10-13/h3-10,25H,11H2,1-2H3. The number of hydrogen-bond acceptors (Lipinski definition) is 4. The summed E-state index contributed by atoms with van der Waals surface area (Å²) in [5.74, 6) is 0.406. The second-order valence-corrected chi connectivity index (χ2v) is 8.14. The van der Waals surface area contributed by atoms with Crippen LogP contribution in [0.2, 0.25) is 0 Å². The second kappa shape index (κ2) is 6.77. The van der Waals surface area contributed by atoms with Gasteiger partial charge in [-0.05, 0) is 31.0 Å². The van der Waals surface area contributed by atoms with E-state index in [1.165, 1.54) is 0 Å². The summed E-state index contributed by atoms with van der Waals surface area (Å²) >= 11 is 3.41. The minimum Gasteiger partial charge on any atom is -0.478 e. The van der Waals surface area contributed by atoms with E-state index >= 15 is 0 Å². The quantitative estimate of drug-likeness (QED) is 0.763. The largest absolute Gasteiger partial charge is 0.478 e. The molecule has 0 unspecified atom stereocenters. The summed E-state index contributed by atoms with van der Waals surface area (Å²) in [6, 6.07) is 14.7. The lowest BCUT2D eigenvalue weighted by Gasteiger charge is -2.18. The van der Waals surface area contributed by atoms with Crippen LogP contribution in [0.3, 0.4) is 0 Å². The highest BCUT2D eigenvalue weighted by molar-refractivity contribution is 9.10. The summed E-state index contributed by atoms with van der Waals surface area (Å²) in [4.78, 5) is 12.8. The van der Waals surface area contributed by atoms with Gasteiger partial charge in [-0.25, -0.2) is 8.42 Å². The molecule has 0 aliphatic carbocycles. The van der Waals surface area contributed by atoms with Crippen LogP contribution in [0.25, 0.3) is 11.3 Å². The lowest BCUT2D eigenvalue weighted by molar-refractivity contribution is -0.125. The number of ether oxygens (including phenoxy) is 1. The van der Waals surface area contributed by atoms with Crippen molar-refractivity contribution in [1.82, 2.24) is 0 Å². The first-order chi connectivity index (χ1) is 11.8. The second-order valence-electron chi connectivity index (χ2n) is 6.31. The van der Waals surface area contributed by atoms with Crippen LogP contribution in [0.1, 0.15) is 30.5 Å². The number of Topliss-reactive ketones (excluding diaryl/α,β-unsaturated/α-hetero) is 1. The highest BCUT2D eigenvalue weighted by Gasteiger charge is 2.42. The molecule has 0 aromatic heterocycles. The topological polar surface area (TPSA) is 60.4 Å². The van der Waals surface area contributed by atoms with Gasteiger partial charge in [-0.2, -0.15) is 0 Å². The summed E-state index contributed by atoms with van der Waals surface area (Å²) < 4.78 is 28.6. The van der Waals surface area contributed by atoms with Crippen molar-refractivity contribution in [3.8, 4) is 0 Å². The Morgan fingerprint density at radius 1 is 1.04 bits per heavy atom. The fraction of sp³-hybridized carbons (Fsp3) is 0.211. The van der Waals surface area contributed by atoms with Gasteiger partial charge in [0.2, 0.25) is 5.78 Å². The molecular formula is C19H17BrO4S. The van der Waals surface area contributed by atoms with Crippen LogP contribution >= 0.6 is 15.9 Å². The smallest absolute Gasteiger partial charge is 0.210 e. The number of benzene rings is 2. The van der Waals surface area contributed by atoms with Crippen LogP contribution < -0.4 is 0 Å². The summed E-state index contributed by atoms with van der Waals surface area (Å²) in [6.45, 7) is 3.49. The van der Waals surface area contributed by atoms with E-state index < -0.39 is 16.3 Å². The molecule has 1 heterocycles. The third kappa shape index (κ3) is 3.55. The molecule has 0 saturated heterocycles. The Kier molecular flexibility index (Phi) is 4.84. The van der Waals surface area contributed by atoms with Crippen molar-refractivity contribution < 1.29 is 17.9 Å². The van der Waals surface area contributed by atoms with Gasteiger partial charge in [0.1, 0.15) is 16.5 Å².